The molecule has 2 rings (SSSR count). The Balaban J connectivity index is 2.44. The smallest absolute Gasteiger partial charge is 0.332 e. The number of ether oxygens (including phenoxy) is 2. The van der Waals surface area contributed by atoms with Gasteiger partial charge in [-0.05, 0) is 39.3 Å². The van der Waals surface area contributed by atoms with E-state index < -0.39 is 0 Å². The maximum Gasteiger partial charge on any atom is 0.332 e. The summed E-state index contributed by atoms with van der Waals surface area (Å²) in [6.07, 6.45) is 1.44. The van der Waals surface area contributed by atoms with Gasteiger partial charge in [-0.25, -0.2) is 4.79 Å². The van der Waals surface area contributed by atoms with Gasteiger partial charge in [0, 0.05) is 36.0 Å². The lowest BCUT2D eigenvalue weighted by atomic mass is 10.1. The molecule has 0 atom stereocenters. The normalized spacial score (nSPS) is 11.7. The number of nitrogens with zero attached hydrogens (tertiary/aromatic N) is 1. The topological polar surface area (TPSA) is 52.5 Å². The second-order valence-electron chi connectivity index (χ2n) is 5.54. The Morgan fingerprint density at radius 1 is 1.35 bits per heavy atom. The molecule has 1 aromatic carbocycles. The maximum absolute atomic E-state index is 11.5. The molecule has 0 fully saturated rings. The number of nitrogens with one attached hydrogen (secondary N) is 1. The molecule has 0 saturated heterocycles. The van der Waals surface area contributed by atoms with E-state index in [1.54, 1.807) is 14.0 Å². The summed E-state index contributed by atoms with van der Waals surface area (Å²) in [5, 5.41) is 4.39. The summed E-state index contributed by atoms with van der Waals surface area (Å²) < 4.78 is 12.6. The van der Waals surface area contributed by atoms with E-state index in [2.05, 4.69) is 29.8 Å². The predicted molar refractivity (Wildman–Crippen MR) is 93.0 cm³/mol. The number of esters is 1. The number of aromatic nitrogens is 1. The van der Waals surface area contributed by atoms with Crippen LogP contribution in [-0.4, -0.2) is 24.3 Å². The van der Waals surface area contributed by atoms with Crippen molar-refractivity contribution >= 4 is 22.6 Å². The fourth-order valence-electron chi connectivity index (χ4n) is 2.65. The third-order valence-electron chi connectivity index (χ3n) is 4.08. The van der Waals surface area contributed by atoms with Crippen LogP contribution < -0.4 is 10.1 Å². The van der Waals surface area contributed by atoms with E-state index in [4.69, 9.17) is 9.47 Å². The monoisotopic (exact) mass is 316 g/mol. The number of methoxy groups -OCH3 is 1. The Morgan fingerprint density at radius 3 is 2.65 bits per heavy atom. The first-order valence-electron chi connectivity index (χ1n) is 7.64. The van der Waals surface area contributed by atoms with Crippen LogP contribution in [0, 0.1) is 13.8 Å². The minimum absolute atomic E-state index is 0.357. The molecular formula is C18H24N2O3. The lowest BCUT2D eigenvalue weighted by molar-refractivity contribution is -0.137. The summed E-state index contributed by atoms with van der Waals surface area (Å²) in [6.45, 7) is 8.17. The Hall–Kier alpha value is -2.43. The highest BCUT2D eigenvalue weighted by Gasteiger charge is 2.13. The van der Waals surface area contributed by atoms with Crippen molar-refractivity contribution in [2.45, 2.75) is 27.7 Å². The number of aryl methyl sites for hydroxylation is 2. The summed E-state index contributed by atoms with van der Waals surface area (Å²) in [4.78, 5) is 11.5. The second kappa shape index (κ2) is 6.77. The van der Waals surface area contributed by atoms with Gasteiger partial charge in [0.25, 0.3) is 0 Å². The molecule has 0 amide bonds. The number of anilines is 1. The molecule has 124 valence electrons. The molecule has 1 N–H and O–H groups in total. The van der Waals surface area contributed by atoms with Crippen molar-refractivity contribution in [3.05, 3.63) is 35.2 Å². The highest BCUT2D eigenvalue weighted by Crippen LogP contribution is 2.34. The van der Waals surface area contributed by atoms with Gasteiger partial charge in [0.05, 0.1) is 24.9 Å². The third kappa shape index (κ3) is 3.33. The molecule has 0 bridgehead atoms. The molecule has 2 aromatic rings. The summed E-state index contributed by atoms with van der Waals surface area (Å²) in [6, 6.07) is 4.06. The van der Waals surface area contributed by atoms with Crippen LogP contribution in [0.5, 0.6) is 5.75 Å². The van der Waals surface area contributed by atoms with Crippen molar-refractivity contribution in [3.8, 4) is 5.75 Å². The molecule has 1 heterocycles. The van der Waals surface area contributed by atoms with Crippen molar-refractivity contribution in [2.75, 3.05) is 19.0 Å². The van der Waals surface area contributed by atoms with Crippen LogP contribution in [0.25, 0.3) is 10.9 Å². The van der Waals surface area contributed by atoms with E-state index in [1.807, 2.05) is 20.0 Å². The average molecular weight is 316 g/mol. The van der Waals surface area contributed by atoms with Crippen LogP contribution in [-0.2, 0) is 16.6 Å². The number of benzene rings is 1. The van der Waals surface area contributed by atoms with Crippen molar-refractivity contribution in [3.63, 3.8) is 0 Å². The molecule has 0 saturated carbocycles. The summed E-state index contributed by atoms with van der Waals surface area (Å²) >= 11 is 0. The van der Waals surface area contributed by atoms with Gasteiger partial charge in [-0.2, -0.15) is 0 Å². The van der Waals surface area contributed by atoms with E-state index in [0.717, 1.165) is 22.3 Å². The SMILES string of the molecule is CCOC(=O)/C=C(/C)Nc1cc2c(C)c(C)n(C)c2cc1OC. The van der Waals surface area contributed by atoms with Gasteiger partial charge >= 0.3 is 5.97 Å². The van der Waals surface area contributed by atoms with Gasteiger partial charge in [0.2, 0.25) is 0 Å². The largest absolute Gasteiger partial charge is 0.494 e. The molecule has 23 heavy (non-hydrogen) atoms. The third-order valence-corrected chi connectivity index (χ3v) is 4.08. The Kier molecular flexibility index (Phi) is 4.98. The quantitative estimate of drug-likeness (QED) is 0.675. The summed E-state index contributed by atoms with van der Waals surface area (Å²) in [5.41, 5.74) is 5.10. The minimum Gasteiger partial charge on any atom is -0.494 e. The molecule has 5 nitrogen and oxygen atoms in total. The van der Waals surface area contributed by atoms with Crippen LogP contribution >= 0.6 is 0 Å². The molecular weight excluding hydrogens is 292 g/mol. The number of allylic oxidation sites excluding steroid dienone is 1. The molecule has 1 aromatic heterocycles. The van der Waals surface area contributed by atoms with Gasteiger partial charge in [-0.15, -0.1) is 0 Å². The van der Waals surface area contributed by atoms with Crippen LogP contribution in [0.1, 0.15) is 25.1 Å². The second-order valence-corrected chi connectivity index (χ2v) is 5.54. The number of hydrogen-bond donors (Lipinski definition) is 1. The Bertz CT molecular complexity index is 772. The standard InChI is InChI=1S/C18H24N2O3/c1-7-23-18(21)8-11(2)19-15-9-14-12(3)13(4)20(5)16(14)10-17(15)22-6/h8-10,19H,7H2,1-6H3/b11-8-. The van der Waals surface area contributed by atoms with Gasteiger partial charge < -0.3 is 19.4 Å². The number of hydrogen-bond acceptors (Lipinski definition) is 4. The van der Waals surface area contributed by atoms with Crippen LogP contribution in [0.2, 0.25) is 0 Å². The highest BCUT2D eigenvalue weighted by atomic mass is 16.5. The van der Waals surface area contributed by atoms with E-state index in [1.165, 1.54) is 17.3 Å². The highest BCUT2D eigenvalue weighted by molar-refractivity contribution is 5.91. The first-order valence-corrected chi connectivity index (χ1v) is 7.64. The molecule has 0 unspecified atom stereocenters. The zero-order valence-electron chi connectivity index (χ0n) is 14.6. The fourth-order valence-corrected chi connectivity index (χ4v) is 2.65. The molecule has 5 heteroatoms. The minimum atomic E-state index is -0.357. The molecule has 0 aliphatic carbocycles. The van der Waals surface area contributed by atoms with E-state index in [9.17, 15) is 4.79 Å². The average Bonchev–Trinajstić information content (AvgIpc) is 2.71. The van der Waals surface area contributed by atoms with Crippen molar-refractivity contribution in [2.24, 2.45) is 7.05 Å². The number of rotatable bonds is 5. The zero-order chi connectivity index (χ0) is 17.1. The fraction of sp³-hybridized carbons (Fsp3) is 0.389. The number of carbonyl (C=O) groups is 1. The zero-order valence-corrected chi connectivity index (χ0v) is 14.6. The molecule has 0 radical (unpaired) electrons. The Labute approximate surface area is 136 Å². The number of fused-ring (bicyclic) bond motifs is 1. The van der Waals surface area contributed by atoms with Crippen LogP contribution in [0.4, 0.5) is 5.69 Å². The Morgan fingerprint density at radius 2 is 2.04 bits per heavy atom. The van der Waals surface area contributed by atoms with E-state index in [0.29, 0.717) is 12.3 Å². The van der Waals surface area contributed by atoms with E-state index in [-0.39, 0.29) is 5.97 Å². The lowest BCUT2D eigenvalue weighted by Gasteiger charge is -2.12. The van der Waals surface area contributed by atoms with Crippen molar-refractivity contribution in [1.29, 1.82) is 0 Å². The van der Waals surface area contributed by atoms with Gasteiger partial charge in [-0.3, -0.25) is 0 Å². The van der Waals surface area contributed by atoms with Gasteiger partial charge in [-0.1, -0.05) is 0 Å². The lowest BCUT2D eigenvalue weighted by Crippen LogP contribution is -2.05. The maximum atomic E-state index is 11.5. The molecule has 0 spiro atoms. The van der Waals surface area contributed by atoms with Crippen molar-refractivity contribution < 1.29 is 14.3 Å². The van der Waals surface area contributed by atoms with E-state index >= 15 is 0 Å². The van der Waals surface area contributed by atoms with Gasteiger partial charge in [0.15, 0.2) is 0 Å². The van der Waals surface area contributed by atoms with Crippen LogP contribution in [0.15, 0.2) is 23.9 Å². The summed E-state index contributed by atoms with van der Waals surface area (Å²) in [7, 11) is 3.68. The first kappa shape index (κ1) is 16.9. The molecule has 0 aliphatic heterocycles. The number of carbonyl (C=O) groups excluding carboxylic acids is 1. The molecule has 0 aliphatic rings. The first-order chi connectivity index (χ1) is 10.9. The van der Waals surface area contributed by atoms with Gasteiger partial charge in [0.1, 0.15) is 5.75 Å². The predicted octanol–water partition coefficient (Wildman–Crippen LogP) is 3.68. The van der Waals surface area contributed by atoms with Crippen LogP contribution in [0.3, 0.4) is 0 Å². The van der Waals surface area contributed by atoms with Crippen molar-refractivity contribution in [1.82, 2.24) is 4.57 Å². The summed E-state index contributed by atoms with van der Waals surface area (Å²) in [5.74, 6) is 0.374.